The first-order valence-electron chi connectivity index (χ1n) is 12.5. The third-order valence-corrected chi connectivity index (χ3v) is 10.9. The molecule has 4 heterocycles. The zero-order valence-electron chi connectivity index (χ0n) is 22.0. The molecule has 5 N–H and O–H groups in total. The molecule has 0 spiro atoms. The molecule has 2 aliphatic rings. The van der Waals surface area contributed by atoms with Crippen molar-refractivity contribution in [3.05, 3.63) is 42.2 Å². The molecule has 7 atom stereocenters. The average Bonchev–Trinajstić information content (AvgIpc) is 3.45. The lowest BCUT2D eigenvalue weighted by Gasteiger charge is -2.30. The summed E-state index contributed by atoms with van der Waals surface area (Å²) in [7, 11) is 1.41. The lowest BCUT2D eigenvalue weighted by atomic mass is 9.96. The lowest BCUT2D eigenvalue weighted by Crippen LogP contribution is -2.44. The summed E-state index contributed by atoms with van der Waals surface area (Å²) in [6.45, 7) is -0.748. The number of esters is 1. The van der Waals surface area contributed by atoms with Gasteiger partial charge in [0.05, 0.1) is 20.0 Å². The van der Waals surface area contributed by atoms with Gasteiger partial charge in [-0.3, -0.25) is 13.9 Å². The molecule has 2 saturated heterocycles. The normalized spacial score (nSPS) is 31.2. The van der Waals surface area contributed by atoms with Gasteiger partial charge in [0.15, 0.2) is 17.4 Å². The number of hydrogen-bond donors (Lipinski definition) is 4. The predicted molar refractivity (Wildman–Crippen MR) is 145 cm³/mol. The summed E-state index contributed by atoms with van der Waals surface area (Å²) in [6.07, 6.45) is -2.35. The molecule has 0 amide bonds. The molecule has 0 radical (unpaired) electrons. The molecule has 14 nitrogen and oxygen atoms in total. The van der Waals surface area contributed by atoms with Gasteiger partial charge in [0.25, 0.3) is 0 Å². The van der Waals surface area contributed by atoms with Crippen LogP contribution in [0.15, 0.2) is 36.7 Å². The third kappa shape index (κ3) is 5.55. The van der Waals surface area contributed by atoms with Crippen molar-refractivity contribution in [1.82, 2.24) is 24.6 Å². The molecule has 0 bridgehead atoms. The molecule has 0 aliphatic carbocycles. The first-order chi connectivity index (χ1) is 19.0. The highest BCUT2D eigenvalue weighted by Gasteiger charge is 2.54. The van der Waals surface area contributed by atoms with Crippen molar-refractivity contribution in [2.45, 2.75) is 56.5 Å². The number of ether oxygens (including phenoxy) is 3. The third-order valence-electron chi connectivity index (χ3n) is 6.84. The summed E-state index contributed by atoms with van der Waals surface area (Å²) >= 11 is 1.05. The maximum atomic E-state index is 13.5. The van der Waals surface area contributed by atoms with E-state index < -0.39 is 48.9 Å². The van der Waals surface area contributed by atoms with Crippen LogP contribution in [0.5, 0.6) is 5.88 Å². The van der Waals surface area contributed by atoms with Crippen LogP contribution in [0.4, 0.5) is 5.95 Å². The Morgan fingerprint density at radius 2 is 2.12 bits per heavy atom. The fraction of sp³-hybridized carbons (Fsp3) is 0.500. The number of aliphatic hydroxyl groups is 2. The van der Waals surface area contributed by atoms with Crippen molar-refractivity contribution < 1.29 is 38.3 Å². The van der Waals surface area contributed by atoms with Crippen LogP contribution in [0.3, 0.4) is 0 Å². The van der Waals surface area contributed by atoms with Gasteiger partial charge in [-0.2, -0.15) is 9.97 Å². The minimum Gasteiger partial charge on any atom is -0.479 e. The van der Waals surface area contributed by atoms with Crippen molar-refractivity contribution in [1.29, 1.82) is 0 Å². The smallest absolute Gasteiger partial charge is 0.327 e. The zero-order valence-corrected chi connectivity index (χ0v) is 23.7. The maximum absolute atomic E-state index is 13.5. The number of aliphatic hydroxyl groups excluding tert-OH is 1. The highest BCUT2D eigenvalue weighted by molar-refractivity contribution is 8.56. The van der Waals surface area contributed by atoms with E-state index in [4.69, 9.17) is 24.5 Å². The Labute approximate surface area is 233 Å². The van der Waals surface area contributed by atoms with Crippen molar-refractivity contribution in [2.75, 3.05) is 25.2 Å². The molecule has 16 heteroatoms. The number of nitrogen functional groups attached to an aromatic ring is 1. The van der Waals surface area contributed by atoms with Crippen LogP contribution in [0, 0.1) is 0 Å². The summed E-state index contributed by atoms with van der Waals surface area (Å²) in [5.74, 6) is -0.0791. The summed E-state index contributed by atoms with van der Waals surface area (Å²) in [5.41, 5.74) is 5.34. The van der Waals surface area contributed by atoms with E-state index in [1.54, 1.807) is 6.92 Å². The Hall–Kier alpha value is -2.78. The predicted octanol–water partition coefficient (Wildman–Crippen LogP) is 1.95. The Morgan fingerprint density at radius 3 is 2.85 bits per heavy atom. The van der Waals surface area contributed by atoms with Gasteiger partial charge in [0.2, 0.25) is 11.8 Å². The number of rotatable bonds is 8. The second kappa shape index (κ2) is 11.2. The number of aromatic nitrogens is 4. The van der Waals surface area contributed by atoms with Crippen LogP contribution in [0.25, 0.3) is 11.2 Å². The number of nitrogens with two attached hydrogens (primary N) is 1. The summed E-state index contributed by atoms with van der Waals surface area (Å²) in [6, 6.07) is 8.46. The standard InChI is InChI=1S/C24H31N6O8PS/c1-13(14-7-5-4-6-8-14)37-21(32)15-9-10-40-39(34,29-15)36-11-16-18(31)24(2,33)22(38-16)30-12-26-17-19(30)27-23(25)28-20(17)35-3/h4-8,12-13,15-16,18,22,31,33H,9-11H2,1-3H3,(H,29,34)(H2,25,27,28)/t13-,15-,16?,18-,22-,24-,39+/m1/s1. The van der Waals surface area contributed by atoms with Gasteiger partial charge in [-0.1, -0.05) is 41.7 Å². The number of hydrogen-bond acceptors (Lipinski definition) is 13. The van der Waals surface area contributed by atoms with Gasteiger partial charge in [-0.05, 0) is 25.8 Å². The van der Waals surface area contributed by atoms with Crippen molar-refractivity contribution >= 4 is 41.2 Å². The fourth-order valence-corrected chi connectivity index (χ4v) is 8.46. The number of nitrogens with zero attached hydrogens (tertiary/aromatic N) is 4. The molecule has 40 heavy (non-hydrogen) atoms. The fourth-order valence-electron chi connectivity index (χ4n) is 4.65. The topological polar surface area (TPSA) is 193 Å². The number of fused-ring (bicyclic) bond motifs is 1. The molecular weight excluding hydrogens is 563 g/mol. The summed E-state index contributed by atoms with van der Waals surface area (Å²) in [4.78, 5) is 25.2. The molecule has 5 rings (SSSR count). The van der Waals surface area contributed by atoms with Crippen molar-refractivity contribution in [2.24, 2.45) is 0 Å². The average molecular weight is 595 g/mol. The largest absolute Gasteiger partial charge is 0.479 e. The number of benzene rings is 1. The minimum absolute atomic E-state index is 0.0751. The Balaban J connectivity index is 1.25. The number of methoxy groups -OCH3 is 1. The lowest BCUT2D eigenvalue weighted by molar-refractivity contribution is -0.150. The number of carbonyl (C=O) groups excluding carboxylic acids is 1. The molecule has 2 aliphatic heterocycles. The van der Waals surface area contributed by atoms with E-state index in [-0.39, 0.29) is 29.6 Å². The Morgan fingerprint density at radius 1 is 1.38 bits per heavy atom. The van der Waals surface area contributed by atoms with E-state index in [0.29, 0.717) is 12.2 Å². The zero-order chi connectivity index (χ0) is 28.7. The summed E-state index contributed by atoms with van der Waals surface area (Å²) < 4.78 is 37.4. The monoisotopic (exact) mass is 594 g/mol. The van der Waals surface area contributed by atoms with Crippen LogP contribution in [0.2, 0.25) is 0 Å². The van der Waals surface area contributed by atoms with Crippen LogP contribution in [-0.4, -0.2) is 79.0 Å². The van der Waals surface area contributed by atoms with Gasteiger partial charge in [0, 0.05) is 5.75 Å². The molecule has 3 aromatic rings. The molecular formula is C24H31N6O8PS. The maximum Gasteiger partial charge on any atom is 0.327 e. The first kappa shape index (κ1) is 28.7. The van der Waals surface area contributed by atoms with Crippen LogP contribution < -0.4 is 15.6 Å². The number of carbonyl (C=O) groups is 1. The Bertz CT molecular complexity index is 1430. The Kier molecular flexibility index (Phi) is 8.08. The quantitative estimate of drug-likeness (QED) is 0.218. The van der Waals surface area contributed by atoms with Gasteiger partial charge in [-0.25, -0.2) is 10.1 Å². The van der Waals surface area contributed by atoms with E-state index in [1.807, 2.05) is 30.3 Å². The molecule has 2 aromatic heterocycles. The van der Waals surface area contributed by atoms with Gasteiger partial charge in [0.1, 0.15) is 30.0 Å². The van der Waals surface area contributed by atoms with E-state index >= 15 is 0 Å². The second-order valence-corrected chi connectivity index (χ2v) is 14.1. The minimum atomic E-state index is -3.58. The van der Waals surface area contributed by atoms with Crippen molar-refractivity contribution in [3.8, 4) is 5.88 Å². The molecule has 0 saturated carbocycles. The number of anilines is 1. The van der Waals surface area contributed by atoms with E-state index in [0.717, 1.165) is 16.9 Å². The van der Waals surface area contributed by atoms with E-state index in [9.17, 15) is 19.6 Å². The van der Waals surface area contributed by atoms with Crippen molar-refractivity contribution in [3.63, 3.8) is 0 Å². The molecule has 1 unspecified atom stereocenters. The van der Waals surface area contributed by atoms with Gasteiger partial charge in [-0.15, -0.1) is 0 Å². The van der Waals surface area contributed by atoms with Crippen LogP contribution in [-0.2, 0) is 23.4 Å². The molecule has 1 aromatic carbocycles. The number of nitrogens with one attached hydrogen (secondary N) is 1. The van der Waals surface area contributed by atoms with Crippen LogP contribution in [0.1, 0.15) is 38.2 Å². The second-order valence-electron chi connectivity index (χ2n) is 9.70. The summed E-state index contributed by atoms with van der Waals surface area (Å²) in [5, 5.41) is 24.9. The van der Waals surface area contributed by atoms with Gasteiger partial charge >= 0.3 is 12.7 Å². The molecule has 216 valence electrons. The highest BCUT2D eigenvalue weighted by atomic mass is 32.7. The molecule has 2 fully saturated rings. The first-order valence-corrected chi connectivity index (χ1v) is 15.8. The highest BCUT2D eigenvalue weighted by Crippen LogP contribution is 2.59. The number of imidazole rings is 1. The SMILES string of the molecule is COc1nc(N)nc2c1ncn2[C@@H]1OC(CO[P@@]2(=O)N[C@@H](C(=O)O[C@H](C)c3ccccc3)CCS2)[C@@H](O)[C@@]1(C)O. The van der Waals surface area contributed by atoms with E-state index in [1.165, 1.54) is 24.9 Å². The van der Waals surface area contributed by atoms with Gasteiger partial charge < -0.3 is 34.7 Å². The van der Waals surface area contributed by atoms with E-state index in [2.05, 4.69) is 20.0 Å². The van der Waals surface area contributed by atoms with Crippen LogP contribution >= 0.6 is 18.1 Å².